The minimum absolute atomic E-state index is 0.00176. The van der Waals surface area contributed by atoms with Crippen LogP contribution in [-0.2, 0) is 25.7 Å². The van der Waals surface area contributed by atoms with E-state index in [0.29, 0.717) is 120 Å². The lowest BCUT2D eigenvalue weighted by Gasteiger charge is -2.13. The van der Waals surface area contributed by atoms with E-state index >= 15 is 0 Å². The van der Waals surface area contributed by atoms with Gasteiger partial charge in [0.1, 0.15) is 40.3 Å². The molecule has 93 heavy (non-hydrogen) atoms. The lowest BCUT2D eigenvalue weighted by Crippen LogP contribution is -2.18. The van der Waals surface area contributed by atoms with Crippen LogP contribution in [0.2, 0.25) is 40.2 Å². The van der Waals surface area contributed by atoms with Crippen LogP contribution in [0.3, 0.4) is 0 Å². The van der Waals surface area contributed by atoms with Crippen LogP contribution < -0.4 is 0 Å². The van der Waals surface area contributed by atoms with Crippen molar-refractivity contribution < 1.29 is 68.6 Å². The van der Waals surface area contributed by atoms with Crippen LogP contribution in [0.5, 0.6) is 34.5 Å². The minimum Gasteiger partial charge on any atom is -0.507 e. The Morgan fingerprint density at radius 2 is 0.817 bits per heavy atom. The maximum atomic E-state index is 13.4. The fourth-order valence-corrected chi connectivity index (χ4v) is 14.5. The first-order chi connectivity index (χ1) is 43.5. The molecule has 0 radical (unpaired) electrons. The third-order valence-corrected chi connectivity index (χ3v) is 19.8. The first-order valence-electron chi connectivity index (χ1n) is 29.2. The van der Waals surface area contributed by atoms with Crippen molar-refractivity contribution in [1.82, 2.24) is 0 Å². The Bertz CT molecular complexity index is 4340. The summed E-state index contributed by atoms with van der Waals surface area (Å²) in [5, 5.41) is 60.7. The number of hydrogen-bond donors (Lipinski definition) is 6. The van der Waals surface area contributed by atoms with Crippen molar-refractivity contribution in [2.45, 2.75) is 125 Å². The number of phenols is 6. The summed E-state index contributed by atoms with van der Waals surface area (Å²) in [6.07, 6.45) is 4.85. The number of phenolic OH excluding ortho intramolecular Hbond substituents is 6. The van der Waals surface area contributed by atoms with E-state index in [9.17, 15) is 68.6 Å². The highest BCUT2D eigenvalue weighted by Crippen LogP contribution is 2.47. The Kier molecular flexibility index (Phi) is 22.1. The van der Waals surface area contributed by atoms with Gasteiger partial charge in [-0.1, -0.05) is 127 Å². The molecule has 0 aromatic heterocycles. The van der Waals surface area contributed by atoms with Crippen molar-refractivity contribution in [3.05, 3.63) is 207 Å². The van der Waals surface area contributed by atoms with Gasteiger partial charge in [-0.25, -0.2) is 4.39 Å². The van der Waals surface area contributed by atoms with Gasteiger partial charge in [0.15, 0.2) is 40.5 Å². The molecular weight excluding hydrogens is 1360 g/mol. The molecule has 0 heterocycles. The second-order valence-corrected chi connectivity index (χ2v) is 27.3. The van der Waals surface area contributed by atoms with Gasteiger partial charge in [-0.3, -0.25) is 33.6 Å². The highest BCUT2D eigenvalue weighted by molar-refractivity contribution is 6.38. The molecule has 2 unspecified atom stereocenters. The van der Waals surface area contributed by atoms with Crippen LogP contribution in [0.15, 0.2) is 72.3 Å². The average molecular weight is 1420 g/mol. The highest BCUT2D eigenvalue weighted by Gasteiger charge is 2.41. The van der Waals surface area contributed by atoms with Crippen LogP contribution in [-0.4, -0.2) is 71.1 Å². The summed E-state index contributed by atoms with van der Waals surface area (Å²) in [5.41, 5.74) is 10.7. The number of aryl methyl sites for hydroxylation is 2. The lowest BCUT2D eigenvalue weighted by atomic mass is 9.89. The Hall–Kier alpha value is -6.98. The fraction of sp³-hybridized carbons (Fsp3) is 0.282. The zero-order valence-corrected chi connectivity index (χ0v) is 57.4. The van der Waals surface area contributed by atoms with E-state index in [0.717, 1.165) is 56.5 Å². The van der Waals surface area contributed by atoms with E-state index in [1.807, 2.05) is 46.8 Å². The number of fused-ring (bicyclic) bond motifs is 7. The second kappa shape index (κ2) is 28.5. The van der Waals surface area contributed by atoms with E-state index in [2.05, 4.69) is 0 Å². The van der Waals surface area contributed by atoms with Crippen LogP contribution in [0, 0.1) is 25.1 Å². The number of Topliss-reactive ketones (excluding diaryl/α,β-unsaturated/α-hetero) is 7. The molecule has 0 saturated heterocycles. The van der Waals surface area contributed by atoms with Gasteiger partial charge in [0.2, 0.25) is 0 Å². The van der Waals surface area contributed by atoms with E-state index in [4.69, 9.17) is 92.8 Å². The van der Waals surface area contributed by atoms with Gasteiger partial charge in [-0.15, -0.1) is 0 Å². The maximum Gasteiger partial charge on any atom is 0.193 e. The van der Waals surface area contributed by atoms with Gasteiger partial charge in [-0.2, -0.15) is 0 Å². The SMILES string of the molecule is CC1(C)Cc2c(Cl)ccc(O)c2C1=O.CC1=C(C)c2c(Cl)ccc(O)c2C1=O.CC1CC(=O)c2c(O)c(Cl)cc(F)c21.CC1CC(=O)c2c(O)ccc(Cl)c21.Cc1cc(Cl)c2c(c1O)C(=O)CC2.Cc1ccc(Cl)c2c1C(=O)CC2.O=C1CCc2c(Cl)cc(Cl)c(O)c21. The highest BCUT2D eigenvalue weighted by atomic mass is 35.5. The van der Waals surface area contributed by atoms with Crippen LogP contribution in [0.25, 0.3) is 5.57 Å². The number of allylic oxidation sites excluding steroid dienone is 2. The zero-order valence-electron chi connectivity index (χ0n) is 51.3. The molecule has 7 aromatic carbocycles. The fourth-order valence-electron chi connectivity index (χ4n) is 12.3. The summed E-state index contributed by atoms with van der Waals surface area (Å²) < 4.78 is 13.4. The number of halogens is 9. The van der Waals surface area contributed by atoms with Gasteiger partial charge in [0.25, 0.3) is 0 Å². The first kappa shape index (κ1) is 71.9. The van der Waals surface area contributed by atoms with E-state index < -0.39 is 11.2 Å². The number of aromatic hydroxyl groups is 6. The van der Waals surface area contributed by atoms with E-state index in [1.165, 1.54) is 24.3 Å². The molecular formula is C71H61Cl8FO13. The third kappa shape index (κ3) is 14.2. The number of carbonyl (C=O) groups excluding carboxylic acids is 7. The summed E-state index contributed by atoms with van der Waals surface area (Å²) in [4.78, 5) is 80.5. The molecule has 7 aliphatic carbocycles. The van der Waals surface area contributed by atoms with Crippen molar-refractivity contribution in [3.63, 3.8) is 0 Å². The van der Waals surface area contributed by atoms with Crippen LogP contribution in [0.4, 0.5) is 4.39 Å². The summed E-state index contributed by atoms with van der Waals surface area (Å²) in [7, 11) is 0. The number of benzene rings is 7. The molecule has 0 saturated carbocycles. The normalized spacial score (nSPS) is 16.9. The number of carbonyl (C=O) groups is 7. The van der Waals surface area contributed by atoms with Crippen molar-refractivity contribution in [3.8, 4) is 34.5 Å². The second-order valence-electron chi connectivity index (χ2n) is 24.0. The standard InChI is InChI=1S/C11H11ClO2.C11H9ClO2.C10H8ClFO2.2C10H9ClO2.C10H9ClO.C9H6Cl2O2/c1-11(2)5-6-7(12)3-4-8(13)9(6)10(11)14;1-5-6(2)11(14)10-8(13)4-3-7(12)9(5)10;1-4-2-7(13)9-8(4)6(12)3-5(11)10(9)14;1-5-4-7(11)6-2-3-8(12)9(6)10(5)13;1-5-4-8(13)10-7(12)3-2-6(11)9(5)10;1-6-2-4-8(11)7-3-5-9(12)10(6)7;10-5-3-6(11)9(13)8-4(5)1-2-7(8)12/h3-4,13H,5H2,1-2H3;3-4,13H,1-2H3;3-4,14H,2H2,1H3;4,13H,2-3H2,1H3;2-3,5,12H,4H2,1H3;2,4H,3,5H2,1H3;3,13H,1-2H2. The smallest absolute Gasteiger partial charge is 0.193 e. The predicted octanol–water partition coefficient (Wildman–Crippen LogP) is 19.5. The quantitative estimate of drug-likeness (QED) is 0.0829. The van der Waals surface area contributed by atoms with Gasteiger partial charge in [0.05, 0.1) is 43.4 Å². The van der Waals surface area contributed by atoms with E-state index in [-0.39, 0.29) is 114 Å². The summed E-state index contributed by atoms with van der Waals surface area (Å²) in [5.74, 6) is -1.05. The summed E-state index contributed by atoms with van der Waals surface area (Å²) >= 11 is 46.9. The zero-order chi connectivity index (χ0) is 68.9. The van der Waals surface area contributed by atoms with Crippen molar-refractivity contribution in [1.29, 1.82) is 0 Å². The summed E-state index contributed by atoms with van der Waals surface area (Å²) in [6, 6.07) is 17.2. The Morgan fingerprint density at radius 1 is 0.387 bits per heavy atom. The molecule has 22 heteroatoms. The molecule has 6 N–H and O–H groups in total. The van der Waals surface area contributed by atoms with Gasteiger partial charge in [-0.05, 0) is 170 Å². The third-order valence-electron chi connectivity index (χ3n) is 17.2. The van der Waals surface area contributed by atoms with Gasteiger partial charge >= 0.3 is 0 Å². The Balaban J connectivity index is 0.000000139. The monoisotopic (exact) mass is 1420 g/mol. The molecule has 0 aliphatic heterocycles. The molecule has 7 aromatic rings. The predicted molar refractivity (Wildman–Crippen MR) is 362 cm³/mol. The van der Waals surface area contributed by atoms with E-state index in [1.54, 1.807) is 45.0 Å². The van der Waals surface area contributed by atoms with Crippen LogP contribution >= 0.6 is 92.8 Å². The maximum absolute atomic E-state index is 13.4. The number of ketones is 7. The van der Waals surface area contributed by atoms with Crippen molar-refractivity contribution in [2.75, 3.05) is 0 Å². The van der Waals surface area contributed by atoms with Crippen LogP contribution in [0.1, 0.15) is 208 Å². The van der Waals surface area contributed by atoms with Gasteiger partial charge in [0, 0.05) is 89.9 Å². The number of rotatable bonds is 0. The minimum atomic E-state index is -0.513. The molecule has 13 nitrogen and oxygen atoms in total. The van der Waals surface area contributed by atoms with Crippen molar-refractivity contribution >= 4 is 139 Å². The molecule has 14 rings (SSSR count). The molecule has 0 amide bonds. The Morgan fingerprint density at radius 3 is 1.35 bits per heavy atom. The molecule has 7 aliphatic rings. The molecule has 486 valence electrons. The molecule has 0 fully saturated rings. The number of hydrogen-bond acceptors (Lipinski definition) is 13. The summed E-state index contributed by atoms with van der Waals surface area (Å²) in [6.45, 7) is 14.7. The van der Waals surface area contributed by atoms with Gasteiger partial charge < -0.3 is 30.6 Å². The largest absolute Gasteiger partial charge is 0.507 e. The average Bonchev–Trinajstić information content (AvgIpc) is 1.75. The molecule has 2 atom stereocenters. The first-order valence-corrected chi connectivity index (χ1v) is 32.2. The van der Waals surface area contributed by atoms with Crippen molar-refractivity contribution in [2.24, 2.45) is 5.41 Å². The lowest BCUT2D eigenvalue weighted by molar-refractivity contribution is 0.0859. The molecule has 0 bridgehead atoms. The Labute approximate surface area is 575 Å². The topological polar surface area (TPSA) is 241 Å². The molecule has 0 spiro atoms.